The molecule has 0 aliphatic heterocycles. The van der Waals surface area contributed by atoms with E-state index in [1.165, 1.54) is 6.26 Å². The maximum absolute atomic E-state index is 11.2. The van der Waals surface area contributed by atoms with Crippen molar-refractivity contribution in [2.45, 2.75) is 25.8 Å². The standard InChI is InChI=1S/C14H23ClN2O2S/c1-4-12(16)9-11-5-6-13(10-14(11)15)17(2)7-8-20(3,18)19/h5-6,10,12H,4,7-9,16H2,1-3H3. The van der Waals surface area contributed by atoms with E-state index < -0.39 is 9.84 Å². The Morgan fingerprint density at radius 3 is 2.55 bits per heavy atom. The Labute approximate surface area is 126 Å². The molecule has 1 atom stereocenters. The molecule has 1 unspecified atom stereocenters. The molecule has 0 amide bonds. The zero-order valence-corrected chi connectivity index (χ0v) is 13.8. The summed E-state index contributed by atoms with van der Waals surface area (Å²) in [5.41, 5.74) is 7.87. The van der Waals surface area contributed by atoms with Crippen molar-refractivity contribution in [1.29, 1.82) is 0 Å². The molecule has 0 radical (unpaired) electrons. The van der Waals surface area contributed by atoms with Gasteiger partial charge in [-0.05, 0) is 30.5 Å². The molecule has 2 N–H and O–H groups in total. The van der Waals surface area contributed by atoms with Crippen LogP contribution in [0.5, 0.6) is 0 Å². The number of benzene rings is 1. The maximum Gasteiger partial charge on any atom is 0.149 e. The van der Waals surface area contributed by atoms with Gasteiger partial charge in [0, 0.05) is 36.6 Å². The van der Waals surface area contributed by atoms with Gasteiger partial charge in [0.2, 0.25) is 0 Å². The predicted octanol–water partition coefficient (Wildman–Crippen LogP) is 2.10. The molecule has 0 aliphatic carbocycles. The summed E-state index contributed by atoms with van der Waals surface area (Å²) < 4.78 is 22.4. The number of hydrogen-bond acceptors (Lipinski definition) is 4. The summed E-state index contributed by atoms with van der Waals surface area (Å²) in [6.07, 6.45) is 2.90. The number of sulfone groups is 1. The molecule has 0 fully saturated rings. The lowest BCUT2D eigenvalue weighted by atomic mass is 10.0. The number of nitrogens with two attached hydrogens (primary N) is 1. The van der Waals surface area contributed by atoms with Gasteiger partial charge >= 0.3 is 0 Å². The largest absolute Gasteiger partial charge is 0.374 e. The van der Waals surface area contributed by atoms with Crippen LogP contribution in [0.15, 0.2) is 18.2 Å². The lowest BCUT2D eigenvalue weighted by Crippen LogP contribution is -2.25. The van der Waals surface area contributed by atoms with Crippen molar-refractivity contribution >= 4 is 27.1 Å². The highest BCUT2D eigenvalue weighted by Gasteiger charge is 2.10. The molecule has 20 heavy (non-hydrogen) atoms. The minimum Gasteiger partial charge on any atom is -0.374 e. The lowest BCUT2D eigenvalue weighted by molar-refractivity contribution is 0.601. The van der Waals surface area contributed by atoms with Gasteiger partial charge in [0.1, 0.15) is 9.84 Å². The van der Waals surface area contributed by atoms with Gasteiger partial charge in [-0.3, -0.25) is 0 Å². The molecular weight excluding hydrogens is 296 g/mol. The summed E-state index contributed by atoms with van der Waals surface area (Å²) in [5, 5.41) is 0.678. The first-order valence-corrected chi connectivity index (χ1v) is 9.09. The average Bonchev–Trinajstić information content (AvgIpc) is 2.37. The minimum atomic E-state index is -2.96. The summed E-state index contributed by atoms with van der Waals surface area (Å²) >= 11 is 6.26. The van der Waals surface area contributed by atoms with Crippen molar-refractivity contribution in [1.82, 2.24) is 0 Å². The first-order valence-electron chi connectivity index (χ1n) is 6.65. The third-order valence-corrected chi connectivity index (χ3v) is 4.56. The molecule has 0 aliphatic rings. The highest BCUT2D eigenvalue weighted by atomic mass is 35.5. The van der Waals surface area contributed by atoms with Crippen molar-refractivity contribution in [2.24, 2.45) is 5.73 Å². The van der Waals surface area contributed by atoms with E-state index in [1.807, 2.05) is 37.1 Å². The van der Waals surface area contributed by atoms with E-state index in [0.717, 1.165) is 24.1 Å². The van der Waals surface area contributed by atoms with Crippen LogP contribution in [0.2, 0.25) is 5.02 Å². The van der Waals surface area contributed by atoms with E-state index in [2.05, 4.69) is 0 Å². The highest BCUT2D eigenvalue weighted by molar-refractivity contribution is 7.90. The van der Waals surface area contributed by atoms with E-state index in [0.29, 0.717) is 11.6 Å². The summed E-state index contributed by atoms with van der Waals surface area (Å²) in [5.74, 6) is 0.129. The third kappa shape index (κ3) is 5.69. The zero-order chi connectivity index (χ0) is 15.3. The van der Waals surface area contributed by atoms with Crippen LogP contribution in [0, 0.1) is 0 Å². The van der Waals surface area contributed by atoms with Gasteiger partial charge in [-0.25, -0.2) is 8.42 Å². The molecule has 0 spiro atoms. The smallest absolute Gasteiger partial charge is 0.149 e. The first-order chi connectivity index (χ1) is 9.23. The number of hydrogen-bond donors (Lipinski definition) is 1. The lowest BCUT2D eigenvalue weighted by Gasteiger charge is -2.20. The number of nitrogens with zero attached hydrogens (tertiary/aromatic N) is 1. The SMILES string of the molecule is CCC(N)Cc1ccc(N(C)CCS(C)(=O)=O)cc1Cl. The van der Waals surface area contributed by atoms with Crippen LogP contribution >= 0.6 is 11.6 Å². The Morgan fingerprint density at radius 2 is 2.05 bits per heavy atom. The van der Waals surface area contributed by atoms with Gasteiger partial charge in [-0.1, -0.05) is 24.6 Å². The fourth-order valence-corrected chi connectivity index (χ4v) is 2.66. The molecule has 0 bridgehead atoms. The maximum atomic E-state index is 11.2. The second-order valence-electron chi connectivity index (χ2n) is 5.20. The summed E-state index contributed by atoms with van der Waals surface area (Å²) in [6.45, 7) is 2.49. The van der Waals surface area contributed by atoms with Crippen molar-refractivity contribution in [3.05, 3.63) is 28.8 Å². The zero-order valence-electron chi connectivity index (χ0n) is 12.3. The van der Waals surface area contributed by atoms with Crippen molar-refractivity contribution in [2.75, 3.05) is 30.5 Å². The third-order valence-electron chi connectivity index (χ3n) is 3.28. The van der Waals surface area contributed by atoms with Gasteiger partial charge in [0.05, 0.1) is 5.75 Å². The van der Waals surface area contributed by atoms with Gasteiger partial charge in [0.15, 0.2) is 0 Å². The van der Waals surface area contributed by atoms with E-state index >= 15 is 0 Å². The van der Waals surface area contributed by atoms with Gasteiger partial charge in [-0.2, -0.15) is 0 Å². The van der Waals surface area contributed by atoms with Crippen molar-refractivity contribution in [3.63, 3.8) is 0 Å². The summed E-state index contributed by atoms with van der Waals surface area (Å²) in [4.78, 5) is 1.89. The monoisotopic (exact) mass is 318 g/mol. The molecule has 0 aromatic heterocycles. The van der Waals surface area contributed by atoms with Gasteiger partial charge in [-0.15, -0.1) is 0 Å². The Morgan fingerprint density at radius 1 is 1.40 bits per heavy atom. The number of rotatable bonds is 7. The fraction of sp³-hybridized carbons (Fsp3) is 0.571. The average molecular weight is 319 g/mol. The molecule has 0 saturated carbocycles. The second kappa shape index (κ2) is 7.29. The Balaban J connectivity index is 2.76. The molecule has 1 rings (SSSR count). The van der Waals surface area contributed by atoms with E-state index in [1.54, 1.807) is 0 Å². The molecule has 0 heterocycles. The number of halogens is 1. The van der Waals surface area contributed by atoms with Gasteiger partial charge < -0.3 is 10.6 Å². The molecule has 1 aromatic rings. The topological polar surface area (TPSA) is 63.4 Å². The normalized spacial score (nSPS) is 13.2. The van der Waals surface area contributed by atoms with Crippen LogP contribution in [-0.4, -0.2) is 40.1 Å². The van der Waals surface area contributed by atoms with Crippen LogP contribution in [0.3, 0.4) is 0 Å². The molecule has 0 saturated heterocycles. The molecule has 4 nitrogen and oxygen atoms in total. The number of anilines is 1. The Kier molecular flexibility index (Phi) is 6.30. The van der Waals surface area contributed by atoms with Crippen LogP contribution in [-0.2, 0) is 16.3 Å². The first kappa shape index (κ1) is 17.3. The van der Waals surface area contributed by atoms with Crippen molar-refractivity contribution in [3.8, 4) is 0 Å². The van der Waals surface area contributed by atoms with Crippen LogP contribution < -0.4 is 10.6 Å². The van der Waals surface area contributed by atoms with Crippen LogP contribution in [0.25, 0.3) is 0 Å². The summed E-state index contributed by atoms with van der Waals surface area (Å²) in [6, 6.07) is 5.89. The molecule has 114 valence electrons. The predicted molar refractivity (Wildman–Crippen MR) is 86.4 cm³/mol. The Bertz CT molecular complexity index is 546. The highest BCUT2D eigenvalue weighted by Crippen LogP contribution is 2.24. The minimum absolute atomic E-state index is 0.112. The van der Waals surface area contributed by atoms with E-state index in [4.69, 9.17) is 17.3 Å². The van der Waals surface area contributed by atoms with E-state index in [-0.39, 0.29) is 11.8 Å². The second-order valence-corrected chi connectivity index (χ2v) is 7.87. The van der Waals surface area contributed by atoms with Crippen LogP contribution in [0.4, 0.5) is 5.69 Å². The van der Waals surface area contributed by atoms with Gasteiger partial charge in [0.25, 0.3) is 0 Å². The quantitative estimate of drug-likeness (QED) is 0.836. The molecular formula is C14H23ClN2O2S. The Hall–Kier alpha value is -0.780. The van der Waals surface area contributed by atoms with E-state index in [9.17, 15) is 8.42 Å². The van der Waals surface area contributed by atoms with Crippen molar-refractivity contribution < 1.29 is 8.42 Å². The summed E-state index contributed by atoms with van der Waals surface area (Å²) in [7, 11) is -1.10. The molecule has 6 heteroatoms. The van der Waals surface area contributed by atoms with Crippen LogP contribution in [0.1, 0.15) is 18.9 Å². The molecule has 1 aromatic carbocycles. The fourth-order valence-electron chi connectivity index (χ4n) is 1.80.